The van der Waals surface area contributed by atoms with Gasteiger partial charge in [0.2, 0.25) is 0 Å². The molecule has 0 bridgehead atoms. The normalized spacial score (nSPS) is 16.8. The molecule has 0 spiro atoms. The minimum atomic E-state index is -0.655. The number of nitrogens with zero attached hydrogens (tertiary/aromatic N) is 4. The van der Waals surface area contributed by atoms with E-state index in [1.54, 1.807) is 10.6 Å². The van der Waals surface area contributed by atoms with E-state index in [1.165, 1.54) is 82.8 Å². The summed E-state index contributed by atoms with van der Waals surface area (Å²) in [4.78, 5) is 30.2. The van der Waals surface area contributed by atoms with Crippen LogP contribution in [0.1, 0.15) is 157 Å². The molecule has 5 rings (SSSR count). The summed E-state index contributed by atoms with van der Waals surface area (Å²) >= 11 is 0. The fraction of sp³-hybridized carbons (Fsp3) is 0.692. The summed E-state index contributed by atoms with van der Waals surface area (Å²) in [5.41, 5.74) is 2.90. The van der Waals surface area contributed by atoms with Crippen molar-refractivity contribution in [3.8, 4) is 0 Å². The second-order valence-electron chi connectivity index (χ2n) is 14.1. The van der Waals surface area contributed by atoms with Gasteiger partial charge in [0, 0.05) is 48.1 Å². The molecule has 4 heterocycles. The monoisotopic (exact) mass is 682 g/mol. The van der Waals surface area contributed by atoms with Crippen LogP contribution in [0.15, 0.2) is 27.5 Å². The molecule has 2 aromatic heterocycles. The van der Waals surface area contributed by atoms with Crippen LogP contribution < -0.4 is 5.56 Å². The topological polar surface area (TPSA) is 122 Å². The quantitative estimate of drug-likeness (QED) is 0.128. The Balaban J connectivity index is 0.000000259. The largest absolute Gasteiger partial charge is 0.481 e. The van der Waals surface area contributed by atoms with Crippen molar-refractivity contribution in [3.05, 3.63) is 57.1 Å². The van der Waals surface area contributed by atoms with Crippen molar-refractivity contribution < 1.29 is 23.9 Å². The molecule has 0 saturated carbocycles. The summed E-state index contributed by atoms with van der Waals surface area (Å²) in [6, 6.07) is 4.58. The highest BCUT2D eigenvalue weighted by molar-refractivity contribution is 5.79. The highest BCUT2D eigenvalue weighted by Gasteiger charge is 2.27. The molecule has 1 fully saturated rings. The summed E-state index contributed by atoms with van der Waals surface area (Å²) in [5, 5.41) is 23.8. The molecule has 0 aliphatic carbocycles. The maximum absolute atomic E-state index is 13.4. The number of aliphatic hydroxyl groups excluding tert-OH is 1. The smallest absolute Gasteiger partial charge is 0.303 e. The molecule has 2 N–H and O–H groups in total. The third kappa shape index (κ3) is 12.0. The number of aliphatic hydroxyl groups is 1. The van der Waals surface area contributed by atoms with E-state index >= 15 is 0 Å². The van der Waals surface area contributed by atoms with E-state index in [1.807, 2.05) is 6.92 Å². The third-order valence-corrected chi connectivity index (χ3v) is 10.3. The Labute approximate surface area is 291 Å². The van der Waals surface area contributed by atoms with Crippen LogP contribution in [0.25, 0.3) is 11.0 Å². The van der Waals surface area contributed by atoms with Gasteiger partial charge in [0.05, 0.1) is 5.69 Å². The number of hydrogen-bond acceptors (Lipinski definition) is 7. The minimum absolute atomic E-state index is 0.00237. The Hall–Kier alpha value is -3.11. The van der Waals surface area contributed by atoms with Crippen molar-refractivity contribution in [2.75, 3.05) is 19.6 Å². The molecule has 1 aromatic carbocycles. The molecule has 2 aliphatic heterocycles. The fourth-order valence-electron chi connectivity index (χ4n) is 7.27. The number of carboxylic acid groups (broad SMARTS) is 1. The summed E-state index contributed by atoms with van der Waals surface area (Å²) in [5.74, 6) is -0.166. The lowest BCUT2D eigenvalue weighted by Crippen LogP contribution is -2.37. The molecule has 272 valence electrons. The number of carboxylic acids is 1. The van der Waals surface area contributed by atoms with Gasteiger partial charge >= 0.3 is 5.97 Å². The number of likely N-dealkylation sites (tertiary alicyclic amines) is 1. The molecule has 0 unspecified atom stereocenters. The zero-order chi connectivity index (χ0) is 35.0. The lowest BCUT2D eigenvalue weighted by atomic mass is 9.91. The van der Waals surface area contributed by atoms with Gasteiger partial charge < -0.3 is 19.6 Å². The minimum Gasteiger partial charge on any atom is -0.481 e. The highest BCUT2D eigenvalue weighted by Crippen LogP contribution is 2.33. The number of carbonyl (C=O) groups is 1. The number of piperidine rings is 1. The number of aliphatic carboxylic acids is 1. The predicted octanol–water partition coefficient (Wildman–Crippen LogP) is 8.63. The first kappa shape index (κ1) is 38.7. The second-order valence-corrected chi connectivity index (χ2v) is 14.1. The standard InChI is InChI=1S/C23H27FN4O3.C16H32O2/c1-14-17(23(30)28-9-2-3-19(29)22(28)25-14)8-12-27-10-6-15(7-11-27)21-18-5-4-16(24)13-20(18)31-26-21;1-2-3-4-5-6-7-8-9-10-11-12-13-14-15-16(17)18/h4-5,13,15,19,29H,2-3,6-12H2,1H3;2-15H2,1H3,(H,17,18)/t19-;/m1./s1. The van der Waals surface area contributed by atoms with Crippen LogP contribution in [0, 0.1) is 12.7 Å². The van der Waals surface area contributed by atoms with Crippen molar-refractivity contribution in [1.82, 2.24) is 19.6 Å². The van der Waals surface area contributed by atoms with Gasteiger partial charge in [0.1, 0.15) is 17.7 Å². The van der Waals surface area contributed by atoms with Crippen molar-refractivity contribution in [2.24, 2.45) is 0 Å². The van der Waals surface area contributed by atoms with E-state index in [4.69, 9.17) is 9.63 Å². The van der Waals surface area contributed by atoms with E-state index in [0.717, 1.165) is 74.1 Å². The number of unbranched alkanes of at least 4 members (excludes halogenated alkanes) is 12. The summed E-state index contributed by atoms with van der Waals surface area (Å²) in [7, 11) is 0. The van der Waals surface area contributed by atoms with Gasteiger partial charge in [-0.2, -0.15) is 0 Å². The molecule has 1 atom stereocenters. The molecule has 0 radical (unpaired) electrons. The van der Waals surface area contributed by atoms with Crippen LogP contribution in [0.5, 0.6) is 0 Å². The van der Waals surface area contributed by atoms with Gasteiger partial charge in [-0.25, -0.2) is 9.37 Å². The Morgan fingerprint density at radius 2 is 1.57 bits per heavy atom. The van der Waals surface area contributed by atoms with Gasteiger partial charge in [0.25, 0.3) is 5.56 Å². The van der Waals surface area contributed by atoms with E-state index in [2.05, 4.69) is 22.0 Å². The molecule has 10 heteroatoms. The number of aromatic nitrogens is 3. The number of rotatable bonds is 18. The Morgan fingerprint density at radius 3 is 2.20 bits per heavy atom. The average molecular weight is 683 g/mol. The maximum atomic E-state index is 13.4. The second kappa shape index (κ2) is 20.5. The zero-order valence-electron chi connectivity index (χ0n) is 29.9. The van der Waals surface area contributed by atoms with Crippen LogP contribution in [-0.4, -0.2) is 55.4 Å². The Bertz CT molecular complexity index is 1500. The van der Waals surface area contributed by atoms with Gasteiger partial charge in [-0.05, 0) is 70.7 Å². The Kier molecular flexibility index (Phi) is 16.2. The first-order chi connectivity index (χ1) is 23.8. The van der Waals surface area contributed by atoms with Gasteiger partial charge in [-0.15, -0.1) is 0 Å². The maximum Gasteiger partial charge on any atom is 0.303 e. The first-order valence-corrected chi connectivity index (χ1v) is 19.1. The van der Waals surface area contributed by atoms with Crippen LogP contribution in [0.2, 0.25) is 0 Å². The Morgan fingerprint density at radius 1 is 0.939 bits per heavy atom. The van der Waals surface area contributed by atoms with Crippen molar-refractivity contribution in [2.45, 2.75) is 154 Å². The molecular weight excluding hydrogens is 623 g/mol. The third-order valence-electron chi connectivity index (χ3n) is 10.3. The van der Waals surface area contributed by atoms with Crippen molar-refractivity contribution in [1.29, 1.82) is 0 Å². The van der Waals surface area contributed by atoms with Gasteiger partial charge in [0.15, 0.2) is 5.58 Å². The fourth-order valence-corrected chi connectivity index (χ4v) is 7.27. The van der Waals surface area contributed by atoms with Crippen LogP contribution in [-0.2, 0) is 17.8 Å². The van der Waals surface area contributed by atoms with Crippen LogP contribution in [0.4, 0.5) is 4.39 Å². The number of halogens is 1. The van der Waals surface area contributed by atoms with E-state index in [-0.39, 0.29) is 11.4 Å². The van der Waals surface area contributed by atoms with Crippen molar-refractivity contribution >= 4 is 16.9 Å². The van der Waals surface area contributed by atoms with Gasteiger partial charge in [-0.3, -0.25) is 14.2 Å². The van der Waals surface area contributed by atoms with E-state index in [0.29, 0.717) is 43.1 Å². The number of aryl methyl sites for hydroxylation is 1. The molecule has 0 amide bonds. The summed E-state index contributed by atoms with van der Waals surface area (Å²) < 4.78 is 20.4. The summed E-state index contributed by atoms with van der Waals surface area (Å²) in [6.45, 7) is 7.39. The average Bonchev–Trinajstić information content (AvgIpc) is 3.51. The SMILES string of the molecule is CCCCCCCCCCCCCCCC(=O)O.Cc1nc2n(c(=O)c1CCN1CCC(c3noc4cc(F)ccc34)CC1)CCC[C@H]2O. The molecular formula is C39H59FN4O5. The lowest BCUT2D eigenvalue weighted by Gasteiger charge is -2.31. The lowest BCUT2D eigenvalue weighted by molar-refractivity contribution is -0.137. The number of fused-ring (bicyclic) bond motifs is 2. The molecule has 1 saturated heterocycles. The van der Waals surface area contributed by atoms with Crippen molar-refractivity contribution in [3.63, 3.8) is 0 Å². The molecule has 3 aromatic rings. The zero-order valence-corrected chi connectivity index (χ0v) is 29.9. The number of hydrogen-bond donors (Lipinski definition) is 2. The molecule has 49 heavy (non-hydrogen) atoms. The van der Waals surface area contributed by atoms with E-state index < -0.39 is 12.1 Å². The van der Waals surface area contributed by atoms with Gasteiger partial charge in [-0.1, -0.05) is 89.1 Å². The van der Waals surface area contributed by atoms with Crippen LogP contribution in [0.3, 0.4) is 0 Å². The first-order valence-electron chi connectivity index (χ1n) is 19.1. The predicted molar refractivity (Wildman–Crippen MR) is 191 cm³/mol. The summed E-state index contributed by atoms with van der Waals surface area (Å²) in [6.07, 6.45) is 20.6. The highest BCUT2D eigenvalue weighted by atomic mass is 19.1. The molecule has 2 aliphatic rings. The van der Waals surface area contributed by atoms with E-state index in [9.17, 15) is 19.1 Å². The number of benzene rings is 1. The van der Waals surface area contributed by atoms with Crippen LogP contribution >= 0.6 is 0 Å². The molecule has 9 nitrogen and oxygen atoms in total.